The molecule has 1 N–H and O–H groups in total. The summed E-state index contributed by atoms with van der Waals surface area (Å²) in [5.41, 5.74) is 1.41. The number of carbonyl (C=O) groups excluding carboxylic acids is 3. The van der Waals surface area contributed by atoms with Crippen LogP contribution in [0.5, 0.6) is 11.5 Å². The summed E-state index contributed by atoms with van der Waals surface area (Å²) < 4.78 is 29.8. The predicted molar refractivity (Wildman–Crippen MR) is 178 cm³/mol. The molecule has 0 saturated carbocycles. The van der Waals surface area contributed by atoms with Crippen molar-refractivity contribution in [2.75, 3.05) is 34.5 Å². The number of benzene rings is 4. The van der Waals surface area contributed by atoms with Crippen molar-refractivity contribution in [3.05, 3.63) is 131 Å². The number of carbonyl (C=O) groups is 3. The molecule has 6 rings (SSSR count). The number of urea groups is 1. The molecule has 2 aliphatic heterocycles. The molecule has 4 atom stereocenters. The fraction of sp³-hybridized carbons (Fsp3) is 0.289. The average Bonchev–Trinajstić information content (AvgIpc) is 3.47. The molecule has 0 bridgehead atoms. The van der Waals surface area contributed by atoms with Crippen molar-refractivity contribution in [1.29, 1.82) is 0 Å². The van der Waals surface area contributed by atoms with E-state index < -0.39 is 48.0 Å². The molecular formula is C38H38N2O9. The van der Waals surface area contributed by atoms with Crippen molar-refractivity contribution >= 4 is 17.8 Å². The zero-order valence-corrected chi connectivity index (χ0v) is 27.4. The molecule has 2 aliphatic rings. The summed E-state index contributed by atoms with van der Waals surface area (Å²) in [7, 11) is 4.60. The quantitative estimate of drug-likeness (QED) is 0.181. The Morgan fingerprint density at radius 2 is 1.33 bits per heavy atom. The molecule has 4 aromatic rings. The zero-order valence-electron chi connectivity index (χ0n) is 27.4. The van der Waals surface area contributed by atoms with Crippen molar-refractivity contribution in [2.24, 2.45) is 0 Å². The van der Waals surface area contributed by atoms with Gasteiger partial charge in [0, 0.05) is 25.6 Å². The Morgan fingerprint density at radius 1 is 0.796 bits per heavy atom. The first-order valence-electron chi connectivity index (χ1n) is 15.9. The van der Waals surface area contributed by atoms with Gasteiger partial charge in [-0.2, -0.15) is 4.90 Å². The summed E-state index contributed by atoms with van der Waals surface area (Å²) in [6.45, 7) is -0.148. The van der Waals surface area contributed by atoms with Crippen LogP contribution in [0, 0.1) is 0 Å². The van der Waals surface area contributed by atoms with Crippen molar-refractivity contribution in [1.82, 2.24) is 9.80 Å². The topological polar surface area (TPSA) is 124 Å². The molecule has 2 heterocycles. The van der Waals surface area contributed by atoms with Crippen LogP contribution in [0.4, 0.5) is 4.79 Å². The standard InChI is InChI=1S/C38H38N2O9/c1-45-29-18-14-27(15-19-29)38(26-12-8-5-9-13-26,28-16-20-30(46-2)21-17-28)48-24-31-33(42)34(47-3)36(49-31)39-23-22-32(41)40(37(39)44)35(43)25-10-6-4-7-11-25/h4-21,31,33-34,36,42H,22-24H2,1-3H3/t31-,33-,34-,36-/m1/s1. The van der Waals surface area contributed by atoms with E-state index in [0.29, 0.717) is 16.4 Å². The van der Waals surface area contributed by atoms with Gasteiger partial charge in [0.25, 0.3) is 5.91 Å². The minimum Gasteiger partial charge on any atom is -0.497 e. The largest absolute Gasteiger partial charge is 0.497 e. The maximum absolute atomic E-state index is 13.7. The molecule has 0 spiro atoms. The molecule has 0 radical (unpaired) electrons. The Kier molecular flexibility index (Phi) is 10.1. The second kappa shape index (κ2) is 14.6. The molecule has 4 amide bonds. The molecule has 49 heavy (non-hydrogen) atoms. The minimum absolute atomic E-state index is 0.0211. The third kappa shape index (κ3) is 6.41. The highest BCUT2D eigenvalue weighted by Crippen LogP contribution is 2.42. The molecule has 254 valence electrons. The van der Waals surface area contributed by atoms with E-state index in [-0.39, 0.29) is 25.1 Å². The Labute approximate surface area is 284 Å². The lowest BCUT2D eigenvalue weighted by Crippen LogP contribution is -2.60. The van der Waals surface area contributed by atoms with Gasteiger partial charge in [0.1, 0.15) is 35.4 Å². The summed E-state index contributed by atoms with van der Waals surface area (Å²) in [5, 5.41) is 11.5. The number of amides is 4. The third-order valence-corrected chi connectivity index (χ3v) is 9.01. The average molecular weight is 667 g/mol. The molecule has 4 aromatic carbocycles. The van der Waals surface area contributed by atoms with Gasteiger partial charge < -0.3 is 28.8 Å². The van der Waals surface area contributed by atoms with Gasteiger partial charge in [0.2, 0.25) is 5.91 Å². The van der Waals surface area contributed by atoms with E-state index in [1.807, 2.05) is 78.9 Å². The molecule has 2 fully saturated rings. The highest BCUT2D eigenvalue weighted by molar-refractivity contribution is 6.16. The van der Waals surface area contributed by atoms with Gasteiger partial charge in [-0.1, -0.05) is 72.8 Å². The minimum atomic E-state index is -1.22. The molecule has 11 nitrogen and oxygen atoms in total. The zero-order chi connectivity index (χ0) is 34.5. The number of aliphatic hydroxyl groups excluding tert-OH is 1. The molecule has 0 aromatic heterocycles. The molecule has 0 unspecified atom stereocenters. The summed E-state index contributed by atoms with van der Waals surface area (Å²) >= 11 is 0. The van der Waals surface area contributed by atoms with E-state index in [2.05, 4.69) is 0 Å². The van der Waals surface area contributed by atoms with Gasteiger partial charge in [-0.15, -0.1) is 0 Å². The normalized spacial score (nSPS) is 21.1. The lowest BCUT2D eigenvalue weighted by Gasteiger charge is -2.38. The molecule has 0 aliphatic carbocycles. The summed E-state index contributed by atoms with van der Waals surface area (Å²) in [6.07, 6.45) is -4.39. The number of nitrogens with zero attached hydrogens (tertiary/aromatic N) is 2. The Bertz CT molecular complexity index is 1700. The number of imide groups is 3. The third-order valence-electron chi connectivity index (χ3n) is 9.01. The summed E-state index contributed by atoms with van der Waals surface area (Å²) in [4.78, 5) is 41.7. The van der Waals surface area contributed by atoms with Gasteiger partial charge in [0.05, 0.1) is 20.8 Å². The lowest BCUT2D eigenvalue weighted by atomic mass is 9.80. The second-order valence-corrected chi connectivity index (χ2v) is 11.7. The first-order chi connectivity index (χ1) is 23.8. The molecular weight excluding hydrogens is 628 g/mol. The van der Waals surface area contributed by atoms with E-state index in [0.717, 1.165) is 16.7 Å². The number of ether oxygens (including phenoxy) is 5. The van der Waals surface area contributed by atoms with Gasteiger partial charge >= 0.3 is 6.03 Å². The maximum Gasteiger partial charge on any atom is 0.336 e. The fourth-order valence-corrected chi connectivity index (χ4v) is 6.45. The van der Waals surface area contributed by atoms with Crippen LogP contribution < -0.4 is 9.47 Å². The first kappa shape index (κ1) is 33.8. The van der Waals surface area contributed by atoms with Crippen LogP contribution in [-0.2, 0) is 24.6 Å². The molecule has 2 saturated heterocycles. The van der Waals surface area contributed by atoms with Crippen LogP contribution in [0.1, 0.15) is 33.5 Å². The van der Waals surface area contributed by atoms with Crippen molar-refractivity contribution < 1.29 is 43.2 Å². The van der Waals surface area contributed by atoms with Crippen LogP contribution >= 0.6 is 0 Å². The van der Waals surface area contributed by atoms with Gasteiger partial charge in [-0.3, -0.25) is 14.5 Å². The van der Waals surface area contributed by atoms with E-state index in [1.54, 1.807) is 32.4 Å². The van der Waals surface area contributed by atoms with Gasteiger partial charge in [-0.25, -0.2) is 4.79 Å². The number of rotatable bonds is 11. The monoisotopic (exact) mass is 666 g/mol. The van der Waals surface area contributed by atoms with Crippen LogP contribution in [0.25, 0.3) is 0 Å². The van der Waals surface area contributed by atoms with Crippen LogP contribution in [0.2, 0.25) is 0 Å². The molecule has 11 heteroatoms. The van der Waals surface area contributed by atoms with E-state index in [1.165, 1.54) is 24.1 Å². The highest BCUT2D eigenvalue weighted by atomic mass is 16.6. The Balaban J connectivity index is 1.32. The van der Waals surface area contributed by atoms with Crippen LogP contribution in [0.15, 0.2) is 109 Å². The summed E-state index contributed by atoms with van der Waals surface area (Å²) in [5.74, 6) is -0.0103. The fourth-order valence-electron chi connectivity index (χ4n) is 6.45. The number of hydrogen-bond acceptors (Lipinski definition) is 9. The summed E-state index contributed by atoms with van der Waals surface area (Å²) in [6, 6.07) is 32.0. The predicted octanol–water partition coefficient (Wildman–Crippen LogP) is 4.61. The van der Waals surface area contributed by atoms with Crippen molar-refractivity contribution in [3.63, 3.8) is 0 Å². The van der Waals surface area contributed by atoms with E-state index in [9.17, 15) is 19.5 Å². The number of hydrogen-bond donors (Lipinski definition) is 1. The van der Waals surface area contributed by atoms with Crippen LogP contribution in [0.3, 0.4) is 0 Å². The van der Waals surface area contributed by atoms with E-state index >= 15 is 0 Å². The highest BCUT2D eigenvalue weighted by Gasteiger charge is 2.52. The maximum atomic E-state index is 13.7. The Morgan fingerprint density at radius 3 is 1.86 bits per heavy atom. The number of aliphatic hydroxyl groups is 1. The Hall–Kier alpha value is -5.07. The van der Waals surface area contributed by atoms with Gasteiger partial charge in [-0.05, 0) is 53.1 Å². The van der Waals surface area contributed by atoms with Crippen molar-refractivity contribution in [3.8, 4) is 11.5 Å². The lowest BCUT2D eigenvalue weighted by molar-refractivity contribution is -0.136. The second-order valence-electron chi connectivity index (χ2n) is 11.7. The van der Waals surface area contributed by atoms with Crippen LogP contribution in [-0.4, -0.2) is 91.8 Å². The SMILES string of the molecule is COc1ccc(C(OC[C@H]2O[C@@H](N3CCC(=O)N(C(=O)c4ccccc4)C3=O)[C@H](OC)[C@@H]2O)(c2ccccc2)c2ccc(OC)cc2)cc1. The van der Waals surface area contributed by atoms with Crippen molar-refractivity contribution in [2.45, 2.75) is 36.6 Å². The number of methoxy groups -OCH3 is 3. The smallest absolute Gasteiger partial charge is 0.336 e. The first-order valence-corrected chi connectivity index (χ1v) is 15.9. The van der Waals surface area contributed by atoms with E-state index in [4.69, 9.17) is 23.7 Å². The van der Waals surface area contributed by atoms with Gasteiger partial charge in [0.15, 0.2) is 6.23 Å².